The lowest BCUT2D eigenvalue weighted by molar-refractivity contribution is -0.150. The second-order valence-corrected chi connectivity index (χ2v) is 5.71. The maximum absolute atomic E-state index is 12.6. The van der Waals surface area contributed by atoms with Crippen LogP contribution in [-0.4, -0.2) is 35.3 Å². The Morgan fingerprint density at radius 1 is 1.22 bits per heavy atom. The molecule has 0 atom stereocenters. The molecular formula is C14H24N2O2. The first-order valence-corrected chi connectivity index (χ1v) is 7.21. The van der Waals surface area contributed by atoms with Gasteiger partial charge in [-0.25, -0.2) is 0 Å². The van der Waals surface area contributed by atoms with E-state index in [0.29, 0.717) is 5.92 Å². The third-order valence-electron chi connectivity index (χ3n) is 4.50. The van der Waals surface area contributed by atoms with Crippen LogP contribution in [0.2, 0.25) is 0 Å². The lowest BCUT2D eigenvalue weighted by atomic mass is 9.92. The van der Waals surface area contributed by atoms with Crippen LogP contribution in [0.1, 0.15) is 52.4 Å². The molecule has 0 radical (unpaired) electrons. The molecule has 1 aliphatic carbocycles. The summed E-state index contributed by atoms with van der Waals surface area (Å²) in [5, 5.41) is 2.95. The first-order chi connectivity index (χ1) is 8.61. The zero-order valence-electron chi connectivity index (χ0n) is 11.5. The minimum absolute atomic E-state index is 0.0162. The van der Waals surface area contributed by atoms with Crippen molar-refractivity contribution in [3.8, 4) is 0 Å². The van der Waals surface area contributed by atoms with Crippen LogP contribution in [0.15, 0.2) is 0 Å². The van der Waals surface area contributed by atoms with Gasteiger partial charge in [0.25, 0.3) is 0 Å². The zero-order chi connectivity index (χ0) is 13.2. The van der Waals surface area contributed by atoms with E-state index in [1.807, 2.05) is 0 Å². The van der Waals surface area contributed by atoms with Crippen molar-refractivity contribution < 1.29 is 9.59 Å². The maximum Gasteiger partial charge on any atom is 0.248 e. The predicted octanol–water partition coefficient (Wildman–Crippen LogP) is 1.69. The van der Waals surface area contributed by atoms with Gasteiger partial charge in [-0.2, -0.15) is 0 Å². The van der Waals surface area contributed by atoms with Crippen LogP contribution in [0, 0.1) is 5.92 Å². The number of nitrogens with one attached hydrogen (secondary N) is 1. The van der Waals surface area contributed by atoms with Crippen molar-refractivity contribution in [2.24, 2.45) is 5.92 Å². The normalized spacial score (nSPS) is 22.9. The highest BCUT2D eigenvalue weighted by atomic mass is 16.2. The van der Waals surface area contributed by atoms with Crippen molar-refractivity contribution in [3.63, 3.8) is 0 Å². The van der Waals surface area contributed by atoms with Crippen LogP contribution >= 0.6 is 0 Å². The first kappa shape index (κ1) is 13.4. The van der Waals surface area contributed by atoms with Crippen LogP contribution in [-0.2, 0) is 9.59 Å². The summed E-state index contributed by atoms with van der Waals surface area (Å²) in [6.45, 7) is 5.28. The van der Waals surface area contributed by atoms with Gasteiger partial charge in [-0.15, -0.1) is 0 Å². The van der Waals surface area contributed by atoms with E-state index in [2.05, 4.69) is 19.2 Å². The first-order valence-electron chi connectivity index (χ1n) is 7.21. The van der Waals surface area contributed by atoms with Gasteiger partial charge in [-0.3, -0.25) is 9.59 Å². The minimum atomic E-state index is -0.554. The van der Waals surface area contributed by atoms with E-state index < -0.39 is 5.54 Å². The molecule has 0 aromatic rings. The quantitative estimate of drug-likeness (QED) is 0.828. The standard InChI is InChI=1S/C14H24N2O2/c1-3-11(4-2)9-16-10-12(17)15-14(13(16)18)7-5-6-8-14/h11H,3-10H2,1-2H3,(H,15,17). The van der Waals surface area contributed by atoms with E-state index in [1.165, 1.54) is 0 Å². The molecule has 1 N–H and O–H groups in total. The molecule has 0 bridgehead atoms. The zero-order valence-corrected chi connectivity index (χ0v) is 11.5. The largest absolute Gasteiger partial charge is 0.340 e. The van der Waals surface area contributed by atoms with Gasteiger partial charge < -0.3 is 10.2 Å². The average molecular weight is 252 g/mol. The summed E-state index contributed by atoms with van der Waals surface area (Å²) in [6, 6.07) is 0. The molecule has 1 saturated carbocycles. The lowest BCUT2D eigenvalue weighted by Crippen LogP contribution is -2.65. The number of piperazine rings is 1. The Bertz CT molecular complexity index is 331. The third kappa shape index (κ3) is 2.38. The van der Waals surface area contributed by atoms with Gasteiger partial charge in [-0.05, 0) is 18.8 Å². The van der Waals surface area contributed by atoms with Crippen LogP contribution < -0.4 is 5.32 Å². The Labute approximate surface area is 109 Å². The maximum atomic E-state index is 12.6. The highest BCUT2D eigenvalue weighted by Gasteiger charge is 2.48. The molecule has 0 unspecified atom stereocenters. The molecule has 18 heavy (non-hydrogen) atoms. The highest BCUT2D eigenvalue weighted by Crippen LogP contribution is 2.33. The van der Waals surface area contributed by atoms with Gasteiger partial charge in [0, 0.05) is 6.54 Å². The SMILES string of the molecule is CCC(CC)CN1CC(=O)NC2(CCCC2)C1=O. The van der Waals surface area contributed by atoms with Gasteiger partial charge in [-0.1, -0.05) is 39.5 Å². The summed E-state index contributed by atoms with van der Waals surface area (Å²) >= 11 is 0. The molecule has 1 aliphatic heterocycles. The molecular weight excluding hydrogens is 228 g/mol. The predicted molar refractivity (Wildman–Crippen MR) is 70.0 cm³/mol. The molecule has 1 spiro atoms. The van der Waals surface area contributed by atoms with Gasteiger partial charge in [0.1, 0.15) is 5.54 Å². The monoisotopic (exact) mass is 252 g/mol. The van der Waals surface area contributed by atoms with E-state index in [-0.39, 0.29) is 18.4 Å². The Morgan fingerprint density at radius 3 is 2.39 bits per heavy atom. The van der Waals surface area contributed by atoms with E-state index in [4.69, 9.17) is 0 Å². The van der Waals surface area contributed by atoms with E-state index >= 15 is 0 Å². The number of amides is 2. The summed E-state index contributed by atoms with van der Waals surface area (Å²) in [5.41, 5.74) is -0.554. The van der Waals surface area contributed by atoms with Gasteiger partial charge in [0.05, 0.1) is 6.54 Å². The molecule has 4 heteroatoms. The summed E-state index contributed by atoms with van der Waals surface area (Å²) in [6.07, 6.45) is 5.85. The number of hydrogen-bond acceptors (Lipinski definition) is 2. The van der Waals surface area contributed by atoms with Gasteiger partial charge >= 0.3 is 0 Å². The highest BCUT2D eigenvalue weighted by molar-refractivity contribution is 5.98. The van der Waals surface area contributed by atoms with Crippen molar-refractivity contribution in [2.75, 3.05) is 13.1 Å². The Morgan fingerprint density at radius 2 is 1.83 bits per heavy atom. The second-order valence-electron chi connectivity index (χ2n) is 5.71. The van der Waals surface area contributed by atoms with Crippen molar-refractivity contribution in [1.82, 2.24) is 10.2 Å². The molecule has 1 heterocycles. The van der Waals surface area contributed by atoms with Crippen LogP contribution in [0.5, 0.6) is 0 Å². The number of nitrogens with zero attached hydrogens (tertiary/aromatic N) is 1. The summed E-state index contributed by atoms with van der Waals surface area (Å²) in [7, 11) is 0. The number of rotatable bonds is 4. The van der Waals surface area contributed by atoms with E-state index in [0.717, 1.165) is 45.1 Å². The molecule has 0 aromatic heterocycles. The fourth-order valence-corrected chi connectivity index (χ4v) is 3.23. The van der Waals surface area contributed by atoms with Crippen molar-refractivity contribution in [1.29, 1.82) is 0 Å². The van der Waals surface area contributed by atoms with Crippen molar-refractivity contribution >= 4 is 11.8 Å². The van der Waals surface area contributed by atoms with Crippen molar-refractivity contribution in [2.45, 2.75) is 57.9 Å². The average Bonchev–Trinajstić information content (AvgIpc) is 2.81. The molecule has 2 rings (SSSR count). The van der Waals surface area contributed by atoms with Gasteiger partial charge in [0.15, 0.2) is 0 Å². The Kier molecular flexibility index (Phi) is 3.93. The molecule has 0 aromatic carbocycles. The molecule has 1 saturated heterocycles. The summed E-state index contributed by atoms with van der Waals surface area (Å²) < 4.78 is 0. The Hall–Kier alpha value is -1.06. The van der Waals surface area contributed by atoms with E-state index in [9.17, 15) is 9.59 Å². The summed E-state index contributed by atoms with van der Waals surface area (Å²) in [5.74, 6) is 0.687. The van der Waals surface area contributed by atoms with E-state index in [1.54, 1.807) is 4.90 Å². The number of carbonyl (C=O) groups is 2. The van der Waals surface area contributed by atoms with Crippen LogP contribution in [0.3, 0.4) is 0 Å². The summed E-state index contributed by atoms with van der Waals surface area (Å²) in [4.78, 5) is 26.2. The molecule has 2 aliphatic rings. The topological polar surface area (TPSA) is 49.4 Å². The molecule has 2 amide bonds. The smallest absolute Gasteiger partial charge is 0.248 e. The fourth-order valence-electron chi connectivity index (χ4n) is 3.23. The van der Waals surface area contributed by atoms with Crippen LogP contribution in [0.25, 0.3) is 0 Å². The Balaban J connectivity index is 2.10. The number of carbonyl (C=O) groups excluding carboxylic acids is 2. The van der Waals surface area contributed by atoms with Gasteiger partial charge in [0.2, 0.25) is 11.8 Å². The molecule has 102 valence electrons. The minimum Gasteiger partial charge on any atom is -0.340 e. The lowest BCUT2D eigenvalue weighted by Gasteiger charge is -2.40. The third-order valence-corrected chi connectivity index (χ3v) is 4.50. The fraction of sp³-hybridized carbons (Fsp3) is 0.857. The van der Waals surface area contributed by atoms with Crippen LogP contribution in [0.4, 0.5) is 0 Å². The molecule has 4 nitrogen and oxygen atoms in total. The molecule has 2 fully saturated rings. The number of hydrogen-bond donors (Lipinski definition) is 1. The van der Waals surface area contributed by atoms with Crippen molar-refractivity contribution in [3.05, 3.63) is 0 Å². The second kappa shape index (κ2) is 5.29.